The number of benzene rings is 2. The van der Waals surface area contributed by atoms with Crippen molar-refractivity contribution < 1.29 is 8.82 Å². The van der Waals surface area contributed by atoms with Crippen LogP contribution in [0.4, 0.5) is 4.39 Å². The molecule has 27 heavy (non-hydrogen) atoms. The van der Waals surface area contributed by atoms with Crippen molar-refractivity contribution in [2.24, 2.45) is 0 Å². The van der Waals surface area contributed by atoms with Crippen LogP contribution in [0.25, 0.3) is 10.9 Å². The van der Waals surface area contributed by atoms with E-state index in [1.165, 1.54) is 12.1 Å². The Bertz CT molecular complexity index is 1010. The average molecular weight is 382 g/mol. The van der Waals surface area contributed by atoms with Crippen molar-refractivity contribution in [2.45, 2.75) is 45.4 Å². The van der Waals surface area contributed by atoms with Crippen LogP contribution in [0.3, 0.4) is 0 Å². The summed E-state index contributed by atoms with van der Waals surface area (Å²) < 4.78 is 21.3. The van der Waals surface area contributed by atoms with Crippen molar-refractivity contribution in [2.75, 3.05) is 0 Å². The smallest absolute Gasteiger partial charge is 0.250 e. The highest BCUT2D eigenvalue weighted by Gasteiger charge is 2.39. The van der Waals surface area contributed by atoms with Gasteiger partial charge in [0.05, 0.1) is 12.1 Å². The number of hydrogen-bond donors (Lipinski definition) is 0. The van der Waals surface area contributed by atoms with Crippen LogP contribution in [0, 0.1) is 17.1 Å². The zero-order valence-electron chi connectivity index (χ0n) is 16.4. The number of aromatic nitrogens is 2. The first-order valence-electron chi connectivity index (χ1n) is 8.95. The largest absolute Gasteiger partial charge is 0.543 e. The van der Waals surface area contributed by atoms with E-state index in [1.807, 2.05) is 18.2 Å². The Morgan fingerprint density at radius 2 is 1.81 bits per heavy atom. The van der Waals surface area contributed by atoms with Gasteiger partial charge in [-0.2, -0.15) is 10.4 Å². The van der Waals surface area contributed by atoms with Gasteiger partial charge < -0.3 is 4.43 Å². The van der Waals surface area contributed by atoms with Crippen molar-refractivity contribution in [3.8, 4) is 11.8 Å². The maximum atomic E-state index is 13.1. The van der Waals surface area contributed by atoms with Gasteiger partial charge in [0.1, 0.15) is 17.6 Å². The third-order valence-electron chi connectivity index (χ3n) is 5.25. The number of rotatable bonds is 4. The lowest BCUT2D eigenvalue weighted by atomic mass is 10.2. The van der Waals surface area contributed by atoms with E-state index in [2.05, 4.69) is 45.0 Å². The second-order valence-electron chi connectivity index (χ2n) is 8.29. The Morgan fingerprint density at radius 1 is 1.15 bits per heavy atom. The molecule has 0 radical (unpaired) electrons. The number of nitrogens with zero attached hydrogens (tertiary/aromatic N) is 3. The summed E-state index contributed by atoms with van der Waals surface area (Å²) in [5, 5.41) is 14.8. The van der Waals surface area contributed by atoms with Crippen molar-refractivity contribution in [1.29, 1.82) is 5.26 Å². The molecule has 0 N–H and O–H groups in total. The SMILES string of the molecule is CC(C)(C)[Si](C)(C)Oc1ccc2c(c1)c(C#N)nn2Cc1ccc(F)cc1. The van der Waals surface area contributed by atoms with E-state index in [1.54, 1.807) is 16.8 Å². The van der Waals surface area contributed by atoms with Gasteiger partial charge in [0.2, 0.25) is 8.32 Å². The van der Waals surface area contributed by atoms with Crippen LogP contribution in [0.5, 0.6) is 5.75 Å². The highest BCUT2D eigenvalue weighted by Crippen LogP contribution is 2.38. The topological polar surface area (TPSA) is 50.8 Å². The fraction of sp³-hybridized carbons (Fsp3) is 0.333. The number of halogens is 1. The molecule has 0 fully saturated rings. The van der Waals surface area contributed by atoms with Crippen LogP contribution in [-0.4, -0.2) is 18.1 Å². The van der Waals surface area contributed by atoms with E-state index in [9.17, 15) is 9.65 Å². The highest BCUT2D eigenvalue weighted by atomic mass is 28.4. The molecule has 0 aliphatic rings. The highest BCUT2D eigenvalue weighted by molar-refractivity contribution is 6.74. The van der Waals surface area contributed by atoms with Crippen LogP contribution < -0.4 is 4.43 Å². The predicted molar refractivity (Wildman–Crippen MR) is 108 cm³/mol. The van der Waals surface area contributed by atoms with Gasteiger partial charge in [-0.15, -0.1) is 0 Å². The fourth-order valence-electron chi connectivity index (χ4n) is 2.64. The molecular formula is C21H24FN3OSi. The Morgan fingerprint density at radius 3 is 2.41 bits per heavy atom. The zero-order valence-corrected chi connectivity index (χ0v) is 17.4. The molecule has 0 saturated heterocycles. The lowest BCUT2D eigenvalue weighted by molar-refractivity contribution is 0.493. The molecule has 140 valence electrons. The van der Waals surface area contributed by atoms with Gasteiger partial charge in [-0.1, -0.05) is 32.9 Å². The van der Waals surface area contributed by atoms with Gasteiger partial charge >= 0.3 is 0 Å². The second kappa shape index (κ2) is 6.82. The third-order valence-corrected chi connectivity index (χ3v) is 9.61. The molecule has 4 nitrogen and oxygen atoms in total. The molecule has 6 heteroatoms. The average Bonchev–Trinajstić information content (AvgIpc) is 2.92. The minimum absolute atomic E-state index is 0.0901. The van der Waals surface area contributed by atoms with Crippen molar-refractivity contribution in [1.82, 2.24) is 9.78 Å². The van der Waals surface area contributed by atoms with Gasteiger partial charge in [-0.25, -0.2) is 4.39 Å². The molecule has 1 heterocycles. The van der Waals surface area contributed by atoms with Gasteiger partial charge in [-0.05, 0) is 54.0 Å². The lowest BCUT2D eigenvalue weighted by Gasteiger charge is -2.36. The van der Waals surface area contributed by atoms with E-state index in [-0.39, 0.29) is 10.9 Å². The normalized spacial score (nSPS) is 12.2. The molecule has 3 rings (SSSR count). The van der Waals surface area contributed by atoms with Gasteiger partial charge in [0.25, 0.3) is 0 Å². The van der Waals surface area contributed by atoms with Crippen LogP contribution >= 0.6 is 0 Å². The molecule has 0 amide bonds. The molecule has 1 aromatic heterocycles. The molecule has 0 spiro atoms. The number of fused-ring (bicyclic) bond motifs is 1. The van der Waals surface area contributed by atoms with Crippen LogP contribution in [0.1, 0.15) is 32.0 Å². The van der Waals surface area contributed by atoms with Crippen LogP contribution in [0.15, 0.2) is 42.5 Å². The molecule has 0 atom stereocenters. The Hall–Kier alpha value is -2.65. The van der Waals surface area contributed by atoms with E-state index < -0.39 is 8.32 Å². The molecule has 0 aliphatic heterocycles. The standard InChI is InChI=1S/C21H24FN3OSi/c1-21(2,3)27(4,5)26-17-10-11-20-18(12-17)19(13-23)24-25(20)14-15-6-8-16(22)9-7-15/h6-12H,14H2,1-5H3. The van der Waals surface area contributed by atoms with Gasteiger partial charge in [0, 0.05) is 5.39 Å². The van der Waals surface area contributed by atoms with Crippen molar-refractivity contribution in [3.05, 3.63) is 59.5 Å². The summed E-state index contributed by atoms with van der Waals surface area (Å²) in [6.07, 6.45) is 0. The summed E-state index contributed by atoms with van der Waals surface area (Å²) in [5.41, 5.74) is 2.15. The van der Waals surface area contributed by atoms with Crippen molar-refractivity contribution >= 4 is 19.2 Å². The predicted octanol–water partition coefficient (Wildman–Crippen LogP) is 5.48. The van der Waals surface area contributed by atoms with Gasteiger partial charge in [-0.3, -0.25) is 4.68 Å². The third kappa shape index (κ3) is 3.88. The number of nitriles is 1. The number of hydrogen-bond acceptors (Lipinski definition) is 3. The molecule has 2 aromatic carbocycles. The van der Waals surface area contributed by atoms with E-state index in [4.69, 9.17) is 4.43 Å². The second-order valence-corrected chi connectivity index (χ2v) is 13.0. The molecule has 0 aliphatic carbocycles. The first-order valence-corrected chi connectivity index (χ1v) is 11.9. The van der Waals surface area contributed by atoms with Crippen LogP contribution in [0.2, 0.25) is 18.1 Å². The lowest BCUT2D eigenvalue weighted by Crippen LogP contribution is -2.43. The minimum atomic E-state index is -1.97. The summed E-state index contributed by atoms with van der Waals surface area (Å²) in [4.78, 5) is 0. The summed E-state index contributed by atoms with van der Waals surface area (Å²) in [6.45, 7) is 11.4. The molecule has 0 saturated carbocycles. The van der Waals surface area contributed by atoms with E-state index in [0.29, 0.717) is 12.2 Å². The van der Waals surface area contributed by atoms with Gasteiger partial charge in [0.15, 0.2) is 5.69 Å². The quantitative estimate of drug-likeness (QED) is 0.562. The molecule has 0 bridgehead atoms. The summed E-state index contributed by atoms with van der Waals surface area (Å²) in [7, 11) is -1.97. The summed E-state index contributed by atoms with van der Waals surface area (Å²) >= 11 is 0. The van der Waals surface area contributed by atoms with Crippen molar-refractivity contribution in [3.63, 3.8) is 0 Å². The first kappa shape index (κ1) is 19.1. The zero-order chi connectivity index (χ0) is 19.8. The maximum Gasteiger partial charge on any atom is 0.250 e. The monoisotopic (exact) mass is 381 g/mol. The van der Waals surface area contributed by atoms with Crippen LogP contribution in [-0.2, 0) is 6.54 Å². The fourth-order valence-corrected chi connectivity index (χ4v) is 3.66. The summed E-state index contributed by atoms with van der Waals surface area (Å²) in [6, 6.07) is 14.3. The Labute approximate surface area is 160 Å². The first-order chi connectivity index (χ1) is 12.6. The van der Waals surface area contributed by atoms with E-state index >= 15 is 0 Å². The maximum absolute atomic E-state index is 13.1. The Balaban J connectivity index is 1.98. The summed E-state index contributed by atoms with van der Waals surface area (Å²) in [5.74, 6) is 0.501. The van der Waals surface area contributed by atoms with E-state index in [0.717, 1.165) is 22.2 Å². The molecule has 3 aromatic rings. The Kier molecular flexibility index (Phi) is 4.83. The minimum Gasteiger partial charge on any atom is -0.543 e. The molecular weight excluding hydrogens is 357 g/mol. The molecule has 0 unspecified atom stereocenters.